The third-order valence-electron chi connectivity index (χ3n) is 5.69. The number of nitrogens with zero attached hydrogens (tertiary/aromatic N) is 1. The summed E-state index contributed by atoms with van der Waals surface area (Å²) in [5, 5.41) is 12.3. The van der Waals surface area contributed by atoms with Crippen LogP contribution in [0.2, 0.25) is 0 Å². The second kappa shape index (κ2) is 5.57. The van der Waals surface area contributed by atoms with Crippen molar-refractivity contribution in [2.45, 2.75) is 37.2 Å². The van der Waals surface area contributed by atoms with Gasteiger partial charge in [0.05, 0.1) is 11.5 Å². The molecule has 1 saturated heterocycles. The van der Waals surface area contributed by atoms with Gasteiger partial charge < -0.3 is 20.1 Å². The number of ether oxygens (including phenoxy) is 1. The Bertz CT molecular complexity index is 690. The highest BCUT2D eigenvalue weighted by atomic mass is 16.5. The summed E-state index contributed by atoms with van der Waals surface area (Å²) in [4.78, 5) is 26.8. The van der Waals surface area contributed by atoms with Crippen molar-refractivity contribution in [3.63, 3.8) is 0 Å². The number of fused-ring (bicyclic) bond motifs is 2. The van der Waals surface area contributed by atoms with Crippen LogP contribution >= 0.6 is 0 Å². The minimum atomic E-state index is -0.518. The van der Waals surface area contributed by atoms with Gasteiger partial charge in [-0.15, -0.1) is 0 Å². The first-order valence-electron chi connectivity index (χ1n) is 8.51. The second-order valence-electron chi connectivity index (χ2n) is 7.10. The van der Waals surface area contributed by atoms with Gasteiger partial charge >= 0.3 is 0 Å². The van der Waals surface area contributed by atoms with Gasteiger partial charge in [0, 0.05) is 37.6 Å². The van der Waals surface area contributed by atoms with Gasteiger partial charge in [-0.2, -0.15) is 0 Å². The maximum Gasteiger partial charge on any atom is 0.237 e. The molecule has 128 valence electrons. The van der Waals surface area contributed by atoms with Gasteiger partial charge in [-0.25, -0.2) is 0 Å². The number of rotatable bonds is 2. The Morgan fingerprint density at radius 3 is 2.71 bits per heavy atom. The van der Waals surface area contributed by atoms with E-state index in [9.17, 15) is 14.7 Å². The van der Waals surface area contributed by atoms with Crippen LogP contribution in [0.1, 0.15) is 31.2 Å². The molecule has 1 aliphatic carbocycles. The van der Waals surface area contributed by atoms with Gasteiger partial charge in [0.1, 0.15) is 0 Å². The van der Waals surface area contributed by atoms with Crippen molar-refractivity contribution in [2.24, 2.45) is 5.92 Å². The number of amides is 2. The molecule has 1 aromatic rings. The summed E-state index contributed by atoms with van der Waals surface area (Å²) in [5.41, 5.74) is 2.10. The monoisotopic (exact) mass is 330 g/mol. The average molecular weight is 330 g/mol. The Kier molecular flexibility index (Phi) is 3.62. The number of likely N-dealkylation sites (N-methyl/N-ethyl adjacent to an activating group) is 1. The maximum absolute atomic E-state index is 12.8. The zero-order valence-corrected chi connectivity index (χ0v) is 13.7. The third kappa shape index (κ3) is 2.24. The minimum absolute atomic E-state index is 0.0565. The average Bonchev–Trinajstić information content (AvgIpc) is 2.75. The third-order valence-corrected chi connectivity index (χ3v) is 5.69. The first kappa shape index (κ1) is 15.6. The molecule has 2 amide bonds. The van der Waals surface area contributed by atoms with Crippen LogP contribution in [-0.2, 0) is 19.7 Å². The van der Waals surface area contributed by atoms with Crippen molar-refractivity contribution in [1.82, 2.24) is 0 Å². The Morgan fingerprint density at radius 1 is 1.33 bits per heavy atom. The van der Waals surface area contributed by atoms with Gasteiger partial charge in [-0.1, -0.05) is 0 Å². The molecule has 3 aliphatic rings. The van der Waals surface area contributed by atoms with Crippen LogP contribution in [-0.4, -0.2) is 43.3 Å². The lowest BCUT2D eigenvalue weighted by Gasteiger charge is -2.32. The van der Waals surface area contributed by atoms with E-state index in [1.54, 1.807) is 11.9 Å². The Hall–Kier alpha value is -1.92. The molecular formula is C18H22N2O4. The first-order chi connectivity index (χ1) is 11.5. The lowest BCUT2D eigenvalue weighted by molar-refractivity contribution is -0.126. The molecule has 2 N–H and O–H groups in total. The Labute approximate surface area is 140 Å². The topological polar surface area (TPSA) is 78.9 Å². The van der Waals surface area contributed by atoms with Crippen LogP contribution in [0.15, 0.2) is 18.2 Å². The van der Waals surface area contributed by atoms with E-state index in [2.05, 4.69) is 5.32 Å². The van der Waals surface area contributed by atoms with Gasteiger partial charge in [0.15, 0.2) is 0 Å². The van der Waals surface area contributed by atoms with Crippen LogP contribution in [0.25, 0.3) is 0 Å². The van der Waals surface area contributed by atoms with Crippen molar-refractivity contribution in [1.29, 1.82) is 0 Å². The molecule has 0 bridgehead atoms. The van der Waals surface area contributed by atoms with Crippen molar-refractivity contribution < 1.29 is 19.4 Å². The van der Waals surface area contributed by atoms with E-state index in [0.717, 1.165) is 11.3 Å². The Balaban J connectivity index is 1.62. The lowest BCUT2D eigenvalue weighted by atomic mass is 9.75. The lowest BCUT2D eigenvalue weighted by Crippen LogP contribution is -2.42. The number of aliphatic hydroxyl groups is 1. The van der Waals surface area contributed by atoms with Crippen LogP contribution < -0.4 is 10.2 Å². The summed E-state index contributed by atoms with van der Waals surface area (Å²) in [5.74, 6) is -0.0556. The molecule has 0 radical (unpaired) electrons. The van der Waals surface area contributed by atoms with Gasteiger partial charge in [0.2, 0.25) is 11.8 Å². The summed E-state index contributed by atoms with van der Waals surface area (Å²) >= 11 is 0. The predicted octanol–water partition coefficient (Wildman–Crippen LogP) is 1.42. The summed E-state index contributed by atoms with van der Waals surface area (Å²) in [7, 11) is 1.80. The van der Waals surface area contributed by atoms with E-state index in [1.807, 2.05) is 18.2 Å². The van der Waals surface area contributed by atoms with Crippen LogP contribution in [0.5, 0.6) is 0 Å². The molecule has 6 heteroatoms. The van der Waals surface area contributed by atoms with Crippen LogP contribution in [0.4, 0.5) is 11.4 Å². The van der Waals surface area contributed by atoms with Crippen LogP contribution in [0, 0.1) is 5.92 Å². The van der Waals surface area contributed by atoms with Gasteiger partial charge in [-0.05, 0) is 49.4 Å². The minimum Gasteiger partial charge on any atom is -0.393 e. The zero-order valence-electron chi connectivity index (χ0n) is 13.7. The number of hydrogen-bond acceptors (Lipinski definition) is 4. The predicted molar refractivity (Wildman–Crippen MR) is 88.9 cm³/mol. The van der Waals surface area contributed by atoms with Crippen molar-refractivity contribution >= 4 is 23.2 Å². The zero-order chi connectivity index (χ0) is 16.9. The SMILES string of the molecule is CN1C(=O)C2(CCOCC2)c2cc(NC(=O)C3CC(O)C3)ccc21. The smallest absolute Gasteiger partial charge is 0.237 e. The fourth-order valence-electron chi connectivity index (χ4n) is 4.08. The second-order valence-corrected chi connectivity index (χ2v) is 7.10. The summed E-state index contributed by atoms with van der Waals surface area (Å²) in [6.45, 7) is 1.16. The first-order valence-corrected chi connectivity index (χ1v) is 8.51. The summed E-state index contributed by atoms with van der Waals surface area (Å²) in [6.07, 6.45) is 2.06. The quantitative estimate of drug-likeness (QED) is 0.860. The number of hydrogen-bond donors (Lipinski definition) is 2. The number of carbonyl (C=O) groups is 2. The molecule has 1 aromatic carbocycles. The normalized spacial score (nSPS) is 27.8. The van der Waals surface area contributed by atoms with Crippen molar-refractivity contribution in [3.05, 3.63) is 23.8 Å². The molecule has 1 spiro atoms. The van der Waals surface area contributed by atoms with E-state index < -0.39 is 5.41 Å². The number of anilines is 2. The highest BCUT2D eigenvalue weighted by Gasteiger charge is 2.50. The van der Waals surface area contributed by atoms with E-state index in [4.69, 9.17) is 4.74 Å². The molecular weight excluding hydrogens is 308 g/mol. The largest absolute Gasteiger partial charge is 0.393 e. The molecule has 0 atom stereocenters. The standard InChI is InChI=1S/C18H22N2O4/c1-20-15-3-2-12(19-16(22)11-8-13(21)9-11)10-14(15)18(17(20)23)4-6-24-7-5-18/h2-3,10-11,13,21H,4-9H2,1H3,(H,19,22). The van der Waals surface area contributed by atoms with Gasteiger partial charge in [0.25, 0.3) is 0 Å². The molecule has 2 heterocycles. The molecule has 6 nitrogen and oxygen atoms in total. The molecule has 24 heavy (non-hydrogen) atoms. The van der Waals surface area contributed by atoms with Crippen molar-refractivity contribution in [2.75, 3.05) is 30.5 Å². The number of aliphatic hydroxyl groups excluding tert-OH is 1. The fraction of sp³-hybridized carbons (Fsp3) is 0.556. The van der Waals surface area contributed by atoms with E-state index in [-0.39, 0.29) is 23.8 Å². The highest BCUT2D eigenvalue weighted by Crippen LogP contribution is 2.48. The summed E-state index contributed by atoms with van der Waals surface area (Å²) < 4.78 is 5.45. The van der Waals surface area contributed by atoms with E-state index in [0.29, 0.717) is 44.6 Å². The molecule has 2 aliphatic heterocycles. The fourth-order valence-corrected chi connectivity index (χ4v) is 4.08. The van der Waals surface area contributed by atoms with Gasteiger partial charge in [-0.3, -0.25) is 9.59 Å². The van der Waals surface area contributed by atoms with Crippen LogP contribution in [0.3, 0.4) is 0 Å². The number of benzene rings is 1. The molecule has 0 unspecified atom stereocenters. The summed E-state index contributed by atoms with van der Waals surface area (Å²) in [6, 6.07) is 5.69. The molecule has 4 rings (SSSR count). The molecule has 0 aromatic heterocycles. The van der Waals surface area contributed by atoms with E-state index in [1.165, 1.54) is 0 Å². The maximum atomic E-state index is 12.8. The number of carbonyl (C=O) groups excluding carboxylic acids is 2. The molecule has 1 saturated carbocycles. The number of nitrogens with one attached hydrogen (secondary N) is 1. The Morgan fingerprint density at radius 2 is 2.04 bits per heavy atom. The highest BCUT2D eigenvalue weighted by molar-refractivity contribution is 6.08. The van der Waals surface area contributed by atoms with Crippen molar-refractivity contribution in [3.8, 4) is 0 Å². The molecule has 2 fully saturated rings. The van der Waals surface area contributed by atoms with E-state index >= 15 is 0 Å².